The Labute approximate surface area is 123 Å². The lowest BCUT2D eigenvalue weighted by atomic mass is 10.1. The summed E-state index contributed by atoms with van der Waals surface area (Å²) in [6, 6.07) is 6.66. The van der Waals surface area contributed by atoms with Gasteiger partial charge in [-0.2, -0.15) is 0 Å². The van der Waals surface area contributed by atoms with Crippen molar-refractivity contribution >= 4 is 46.2 Å². The first-order valence-electron chi connectivity index (χ1n) is 5.43. The van der Waals surface area contributed by atoms with E-state index >= 15 is 0 Å². The van der Waals surface area contributed by atoms with Crippen LogP contribution in [-0.2, 0) is 0 Å². The van der Waals surface area contributed by atoms with Crippen LogP contribution in [0, 0.1) is 5.82 Å². The molecule has 0 aliphatic heterocycles. The highest BCUT2D eigenvalue weighted by molar-refractivity contribution is 6.36. The Morgan fingerprint density at radius 3 is 2.50 bits per heavy atom. The van der Waals surface area contributed by atoms with Gasteiger partial charge in [-0.3, -0.25) is 0 Å². The molecule has 0 saturated heterocycles. The number of halogens is 3. The molecule has 0 saturated carbocycles. The molecular formula is C13H9Cl2FN2O2. The average molecular weight is 315 g/mol. The van der Waals surface area contributed by atoms with E-state index < -0.39 is 11.8 Å². The summed E-state index contributed by atoms with van der Waals surface area (Å²) >= 11 is 11.7. The minimum atomic E-state index is -1.24. The van der Waals surface area contributed by atoms with Gasteiger partial charge in [-0.15, -0.1) is 0 Å². The van der Waals surface area contributed by atoms with E-state index in [-0.39, 0.29) is 22.0 Å². The second-order valence-electron chi connectivity index (χ2n) is 3.97. The van der Waals surface area contributed by atoms with Gasteiger partial charge in [-0.05, 0) is 30.3 Å². The molecule has 0 fully saturated rings. The third-order valence-corrected chi connectivity index (χ3v) is 3.12. The molecule has 0 radical (unpaired) electrons. The molecule has 2 aromatic carbocycles. The van der Waals surface area contributed by atoms with Gasteiger partial charge < -0.3 is 16.2 Å². The lowest BCUT2D eigenvalue weighted by Crippen LogP contribution is -2.05. The number of hydrogen-bond donors (Lipinski definition) is 3. The first-order chi connectivity index (χ1) is 9.38. The highest BCUT2D eigenvalue weighted by Crippen LogP contribution is 2.31. The second kappa shape index (κ2) is 5.56. The first-order valence-corrected chi connectivity index (χ1v) is 6.18. The molecule has 7 heteroatoms. The largest absolute Gasteiger partial charge is 0.478 e. The summed E-state index contributed by atoms with van der Waals surface area (Å²) in [4.78, 5) is 11.0. The number of nitrogens with two attached hydrogens (primary N) is 1. The molecule has 0 spiro atoms. The summed E-state index contributed by atoms with van der Waals surface area (Å²) in [6.07, 6.45) is 0. The van der Waals surface area contributed by atoms with Crippen LogP contribution in [0.3, 0.4) is 0 Å². The Kier molecular flexibility index (Phi) is 4.01. The van der Waals surface area contributed by atoms with Crippen LogP contribution in [0.25, 0.3) is 0 Å². The molecular weight excluding hydrogens is 306 g/mol. The lowest BCUT2D eigenvalue weighted by molar-refractivity contribution is 0.0698. The van der Waals surface area contributed by atoms with Crippen molar-refractivity contribution in [1.82, 2.24) is 0 Å². The van der Waals surface area contributed by atoms with Crippen molar-refractivity contribution in [1.29, 1.82) is 0 Å². The molecule has 104 valence electrons. The average Bonchev–Trinajstić information content (AvgIpc) is 2.35. The van der Waals surface area contributed by atoms with E-state index in [9.17, 15) is 9.18 Å². The number of aromatic carboxylic acids is 1. The van der Waals surface area contributed by atoms with Crippen molar-refractivity contribution in [2.75, 3.05) is 11.1 Å². The molecule has 0 aliphatic rings. The van der Waals surface area contributed by atoms with Gasteiger partial charge in [0.15, 0.2) is 0 Å². The van der Waals surface area contributed by atoms with Crippen LogP contribution >= 0.6 is 23.2 Å². The van der Waals surface area contributed by atoms with Crippen molar-refractivity contribution in [3.8, 4) is 0 Å². The number of carboxylic acid groups (broad SMARTS) is 1. The maximum Gasteiger partial charge on any atom is 0.337 e. The summed E-state index contributed by atoms with van der Waals surface area (Å²) in [6.45, 7) is 0. The summed E-state index contributed by atoms with van der Waals surface area (Å²) in [7, 11) is 0. The maximum atomic E-state index is 13.8. The van der Waals surface area contributed by atoms with Gasteiger partial charge in [-0.1, -0.05) is 23.2 Å². The number of rotatable bonds is 3. The van der Waals surface area contributed by atoms with Gasteiger partial charge in [0.2, 0.25) is 0 Å². The topological polar surface area (TPSA) is 75.3 Å². The van der Waals surface area contributed by atoms with Gasteiger partial charge in [0.1, 0.15) is 5.82 Å². The fraction of sp³-hybridized carbons (Fsp3) is 0. The highest BCUT2D eigenvalue weighted by atomic mass is 35.5. The van der Waals surface area contributed by atoms with Crippen LogP contribution in [-0.4, -0.2) is 11.1 Å². The molecule has 0 aliphatic carbocycles. The summed E-state index contributed by atoms with van der Waals surface area (Å²) in [5, 5.41) is 12.4. The lowest BCUT2D eigenvalue weighted by Gasteiger charge is -2.11. The van der Waals surface area contributed by atoms with Crippen LogP contribution in [0.15, 0.2) is 30.3 Å². The molecule has 0 atom stereocenters. The minimum Gasteiger partial charge on any atom is -0.478 e. The van der Waals surface area contributed by atoms with Gasteiger partial charge in [-0.25, -0.2) is 9.18 Å². The Morgan fingerprint density at radius 1 is 1.20 bits per heavy atom. The first kappa shape index (κ1) is 14.4. The standard InChI is InChI=1S/C13H9Cl2FN2O2/c14-6-1-2-11(8(15)3-6)18-12-4-7(13(19)20)10(17)5-9(12)16/h1-5,18H,17H2,(H,19,20). The summed E-state index contributed by atoms with van der Waals surface area (Å²) in [5.74, 6) is -1.92. The van der Waals surface area contributed by atoms with Gasteiger partial charge in [0.25, 0.3) is 0 Å². The Morgan fingerprint density at radius 2 is 1.90 bits per heavy atom. The predicted molar refractivity (Wildman–Crippen MR) is 77.5 cm³/mol. The second-order valence-corrected chi connectivity index (χ2v) is 4.82. The van der Waals surface area contributed by atoms with Gasteiger partial charge >= 0.3 is 5.97 Å². The Balaban J connectivity index is 2.43. The van der Waals surface area contributed by atoms with E-state index in [0.29, 0.717) is 10.7 Å². The molecule has 0 bridgehead atoms. The Bertz CT molecular complexity index is 692. The number of nitrogen functional groups attached to an aromatic ring is 1. The van der Waals surface area contributed by atoms with E-state index in [1.54, 1.807) is 12.1 Å². The molecule has 2 aromatic rings. The quantitative estimate of drug-likeness (QED) is 0.744. The van der Waals surface area contributed by atoms with E-state index in [1.165, 1.54) is 6.07 Å². The normalized spacial score (nSPS) is 10.3. The minimum absolute atomic E-state index is 0.0409. The molecule has 0 heterocycles. The number of carboxylic acids is 1. The smallest absolute Gasteiger partial charge is 0.337 e. The van der Waals surface area contributed by atoms with E-state index in [2.05, 4.69) is 5.32 Å². The van der Waals surface area contributed by atoms with Crippen molar-refractivity contribution in [2.24, 2.45) is 0 Å². The van der Waals surface area contributed by atoms with Crippen molar-refractivity contribution in [2.45, 2.75) is 0 Å². The molecule has 4 nitrogen and oxygen atoms in total. The van der Waals surface area contributed by atoms with Gasteiger partial charge in [0, 0.05) is 10.7 Å². The van der Waals surface area contributed by atoms with Crippen molar-refractivity contribution < 1.29 is 14.3 Å². The molecule has 0 unspecified atom stereocenters. The third kappa shape index (κ3) is 2.95. The van der Waals surface area contributed by atoms with Crippen LogP contribution in [0.1, 0.15) is 10.4 Å². The van der Waals surface area contributed by atoms with Crippen LogP contribution in [0.4, 0.5) is 21.5 Å². The summed E-state index contributed by atoms with van der Waals surface area (Å²) in [5.41, 5.74) is 5.45. The molecule has 2 rings (SSSR count). The number of hydrogen-bond acceptors (Lipinski definition) is 3. The van der Waals surface area contributed by atoms with Gasteiger partial charge in [0.05, 0.1) is 22.0 Å². The molecule has 4 N–H and O–H groups in total. The third-order valence-electron chi connectivity index (χ3n) is 2.57. The maximum absolute atomic E-state index is 13.8. The zero-order valence-corrected chi connectivity index (χ0v) is 11.5. The van der Waals surface area contributed by atoms with E-state index in [0.717, 1.165) is 12.1 Å². The number of anilines is 3. The van der Waals surface area contributed by atoms with Crippen molar-refractivity contribution in [3.05, 3.63) is 51.8 Å². The zero-order valence-electron chi connectivity index (χ0n) is 9.95. The molecule has 0 amide bonds. The predicted octanol–water partition coefficient (Wildman–Crippen LogP) is 4.16. The number of nitrogens with one attached hydrogen (secondary N) is 1. The van der Waals surface area contributed by atoms with Crippen LogP contribution < -0.4 is 11.1 Å². The molecule has 20 heavy (non-hydrogen) atoms. The SMILES string of the molecule is Nc1cc(F)c(Nc2ccc(Cl)cc2Cl)cc1C(=O)O. The van der Waals surface area contributed by atoms with Crippen LogP contribution in [0.2, 0.25) is 10.0 Å². The fourth-order valence-corrected chi connectivity index (χ4v) is 2.06. The fourth-order valence-electron chi connectivity index (χ4n) is 1.61. The van der Waals surface area contributed by atoms with E-state index in [4.69, 9.17) is 34.0 Å². The molecule has 0 aromatic heterocycles. The van der Waals surface area contributed by atoms with Crippen molar-refractivity contribution in [3.63, 3.8) is 0 Å². The van der Waals surface area contributed by atoms with E-state index in [1.807, 2.05) is 0 Å². The zero-order chi connectivity index (χ0) is 14.9. The Hall–Kier alpha value is -1.98. The number of benzene rings is 2. The monoisotopic (exact) mass is 314 g/mol. The number of carbonyl (C=O) groups is 1. The summed E-state index contributed by atoms with van der Waals surface area (Å²) < 4.78 is 13.8. The van der Waals surface area contributed by atoms with Crippen LogP contribution in [0.5, 0.6) is 0 Å². The highest BCUT2D eigenvalue weighted by Gasteiger charge is 2.14.